The number of nitrogens with zero attached hydrogens (tertiary/aromatic N) is 1. The van der Waals surface area contributed by atoms with Gasteiger partial charge in [0.15, 0.2) is 0 Å². The first kappa shape index (κ1) is 12.8. The lowest BCUT2D eigenvalue weighted by Gasteiger charge is -2.20. The highest BCUT2D eigenvalue weighted by Gasteiger charge is 2.19. The summed E-state index contributed by atoms with van der Waals surface area (Å²) in [5.41, 5.74) is 1.16. The molecule has 3 nitrogen and oxygen atoms in total. The smallest absolute Gasteiger partial charge is 0.144 e. The van der Waals surface area contributed by atoms with Gasteiger partial charge in [-0.05, 0) is 18.8 Å². The molecular formula is C13H21NO2. The molecule has 0 spiro atoms. The Morgan fingerprint density at radius 2 is 1.69 bits per heavy atom. The van der Waals surface area contributed by atoms with Gasteiger partial charge in [0.25, 0.3) is 0 Å². The van der Waals surface area contributed by atoms with Crippen LogP contribution in [0.25, 0.3) is 0 Å². The minimum absolute atomic E-state index is 0.484. The summed E-state index contributed by atoms with van der Waals surface area (Å²) in [6, 6.07) is 0. The summed E-state index contributed by atoms with van der Waals surface area (Å²) in [5.74, 6) is 2.15. The van der Waals surface area contributed by atoms with E-state index in [9.17, 15) is 0 Å². The number of pyridine rings is 1. The first-order valence-electron chi connectivity index (χ1n) is 5.84. The SMILES string of the molecule is CCCC(CC)c1c(OC)cncc1OC. The minimum atomic E-state index is 0.484. The molecule has 1 rings (SSSR count). The van der Waals surface area contributed by atoms with E-state index in [2.05, 4.69) is 18.8 Å². The molecule has 0 radical (unpaired) electrons. The van der Waals surface area contributed by atoms with Crippen molar-refractivity contribution in [3.63, 3.8) is 0 Å². The van der Waals surface area contributed by atoms with Crippen molar-refractivity contribution in [2.45, 2.75) is 39.0 Å². The third-order valence-corrected chi connectivity index (χ3v) is 2.89. The number of rotatable bonds is 6. The van der Waals surface area contributed by atoms with Gasteiger partial charge >= 0.3 is 0 Å². The maximum Gasteiger partial charge on any atom is 0.144 e. The Morgan fingerprint density at radius 1 is 1.12 bits per heavy atom. The van der Waals surface area contributed by atoms with E-state index in [1.54, 1.807) is 26.6 Å². The normalized spacial score (nSPS) is 12.2. The highest BCUT2D eigenvalue weighted by Crippen LogP contribution is 2.38. The van der Waals surface area contributed by atoms with Crippen LogP contribution in [0.1, 0.15) is 44.6 Å². The lowest BCUT2D eigenvalue weighted by molar-refractivity contribution is 0.371. The van der Waals surface area contributed by atoms with Crippen molar-refractivity contribution >= 4 is 0 Å². The summed E-state index contributed by atoms with van der Waals surface area (Å²) >= 11 is 0. The zero-order valence-corrected chi connectivity index (χ0v) is 10.6. The molecule has 0 aromatic carbocycles. The molecule has 1 atom stereocenters. The van der Waals surface area contributed by atoms with E-state index in [0.717, 1.165) is 36.3 Å². The number of hydrogen-bond donors (Lipinski definition) is 0. The predicted molar refractivity (Wildman–Crippen MR) is 65.3 cm³/mol. The Morgan fingerprint density at radius 3 is 2.06 bits per heavy atom. The fourth-order valence-electron chi connectivity index (χ4n) is 2.06. The van der Waals surface area contributed by atoms with Gasteiger partial charge in [0.2, 0.25) is 0 Å². The van der Waals surface area contributed by atoms with E-state index in [0.29, 0.717) is 5.92 Å². The number of ether oxygens (including phenoxy) is 2. The summed E-state index contributed by atoms with van der Waals surface area (Å²) in [4.78, 5) is 4.11. The van der Waals surface area contributed by atoms with E-state index >= 15 is 0 Å². The molecule has 1 heterocycles. The fraction of sp³-hybridized carbons (Fsp3) is 0.615. The van der Waals surface area contributed by atoms with Crippen molar-refractivity contribution in [2.24, 2.45) is 0 Å². The second-order valence-corrected chi connectivity index (χ2v) is 3.85. The molecule has 0 aliphatic heterocycles. The summed E-state index contributed by atoms with van der Waals surface area (Å²) in [7, 11) is 3.36. The van der Waals surface area contributed by atoms with Crippen LogP contribution in [0.2, 0.25) is 0 Å². The number of hydrogen-bond acceptors (Lipinski definition) is 3. The van der Waals surface area contributed by atoms with Crippen molar-refractivity contribution < 1.29 is 9.47 Å². The molecule has 0 saturated heterocycles. The van der Waals surface area contributed by atoms with Crippen LogP contribution in [0.4, 0.5) is 0 Å². The van der Waals surface area contributed by atoms with E-state index < -0.39 is 0 Å². The maximum absolute atomic E-state index is 5.37. The van der Waals surface area contributed by atoms with Crippen molar-refractivity contribution in [2.75, 3.05) is 14.2 Å². The molecule has 3 heteroatoms. The molecule has 0 N–H and O–H groups in total. The molecule has 0 aliphatic carbocycles. The van der Waals surface area contributed by atoms with Crippen molar-refractivity contribution in [1.29, 1.82) is 0 Å². The molecule has 16 heavy (non-hydrogen) atoms. The first-order valence-corrected chi connectivity index (χ1v) is 5.84. The lowest BCUT2D eigenvalue weighted by Crippen LogP contribution is -2.04. The monoisotopic (exact) mass is 223 g/mol. The molecule has 0 amide bonds. The van der Waals surface area contributed by atoms with E-state index in [-0.39, 0.29) is 0 Å². The molecule has 1 unspecified atom stereocenters. The highest BCUT2D eigenvalue weighted by molar-refractivity contribution is 5.44. The van der Waals surface area contributed by atoms with Crippen molar-refractivity contribution in [1.82, 2.24) is 4.98 Å². The molecule has 1 aromatic rings. The van der Waals surface area contributed by atoms with E-state index in [4.69, 9.17) is 9.47 Å². The number of aromatic nitrogens is 1. The molecule has 0 bridgehead atoms. The van der Waals surface area contributed by atoms with Crippen LogP contribution in [-0.4, -0.2) is 19.2 Å². The Kier molecular flexibility index (Phi) is 5.09. The first-order chi connectivity index (χ1) is 7.78. The Balaban J connectivity index is 3.14. The maximum atomic E-state index is 5.37. The van der Waals surface area contributed by atoms with Gasteiger partial charge in [-0.25, -0.2) is 0 Å². The van der Waals surface area contributed by atoms with Crippen molar-refractivity contribution in [3.05, 3.63) is 18.0 Å². The second-order valence-electron chi connectivity index (χ2n) is 3.85. The summed E-state index contributed by atoms with van der Waals surface area (Å²) in [5, 5.41) is 0. The van der Waals surface area contributed by atoms with Crippen LogP contribution in [-0.2, 0) is 0 Å². The zero-order valence-electron chi connectivity index (χ0n) is 10.6. The van der Waals surface area contributed by atoms with Crippen molar-refractivity contribution in [3.8, 4) is 11.5 Å². The average Bonchev–Trinajstić information content (AvgIpc) is 2.35. The van der Waals surface area contributed by atoms with Crippen LogP contribution in [0, 0.1) is 0 Å². The predicted octanol–water partition coefficient (Wildman–Crippen LogP) is 3.39. The summed E-state index contributed by atoms with van der Waals surface area (Å²) in [6.45, 7) is 4.39. The molecule has 90 valence electrons. The van der Waals surface area contributed by atoms with Gasteiger partial charge in [-0.15, -0.1) is 0 Å². The molecule has 0 aliphatic rings. The summed E-state index contributed by atoms with van der Waals surface area (Å²) in [6.07, 6.45) is 6.91. The van der Waals surface area contributed by atoms with Crippen LogP contribution in [0.3, 0.4) is 0 Å². The van der Waals surface area contributed by atoms with Gasteiger partial charge in [-0.3, -0.25) is 4.98 Å². The number of methoxy groups -OCH3 is 2. The zero-order chi connectivity index (χ0) is 12.0. The Labute approximate surface area is 97.8 Å². The van der Waals surface area contributed by atoms with Gasteiger partial charge in [0, 0.05) is 5.56 Å². The minimum Gasteiger partial charge on any atom is -0.495 e. The quantitative estimate of drug-likeness (QED) is 0.740. The van der Waals surface area contributed by atoms with Crippen LogP contribution in [0.5, 0.6) is 11.5 Å². The van der Waals surface area contributed by atoms with Gasteiger partial charge < -0.3 is 9.47 Å². The largest absolute Gasteiger partial charge is 0.495 e. The third kappa shape index (κ3) is 2.65. The van der Waals surface area contributed by atoms with E-state index in [1.165, 1.54) is 0 Å². The molecular weight excluding hydrogens is 202 g/mol. The van der Waals surface area contributed by atoms with Crippen LogP contribution >= 0.6 is 0 Å². The molecule has 0 fully saturated rings. The topological polar surface area (TPSA) is 31.4 Å². The van der Waals surface area contributed by atoms with E-state index in [1.807, 2.05) is 0 Å². The van der Waals surface area contributed by atoms with Crippen LogP contribution in [0.15, 0.2) is 12.4 Å². The molecule has 1 aromatic heterocycles. The standard InChI is InChI=1S/C13H21NO2/c1-5-7-10(6-2)13-11(15-3)8-14-9-12(13)16-4/h8-10H,5-7H2,1-4H3. The van der Waals surface area contributed by atoms with Crippen LogP contribution < -0.4 is 9.47 Å². The fourth-order valence-corrected chi connectivity index (χ4v) is 2.06. The Bertz CT molecular complexity index is 303. The second kappa shape index (κ2) is 6.36. The van der Waals surface area contributed by atoms with Gasteiger partial charge in [0.05, 0.1) is 26.6 Å². The summed E-state index contributed by atoms with van der Waals surface area (Å²) < 4.78 is 10.7. The third-order valence-electron chi connectivity index (χ3n) is 2.89. The average molecular weight is 223 g/mol. The Hall–Kier alpha value is -1.25. The lowest BCUT2D eigenvalue weighted by atomic mass is 9.91. The molecule has 0 saturated carbocycles. The van der Waals surface area contributed by atoms with Gasteiger partial charge in [-0.1, -0.05) is 20.3 Å². The van der Waals surface area contributed by atoms with Gasteiger partial charge in [-0.2, -0.15) is 0 Å². The van der Waals surface area contributed by atoms with Gasteiger partial charge in [0.1, 0.15) is 11.5 Å². The highest BCUT2D eigenvalue weighted by atomic mass is 16.5.